The number of aryl methyl sites for hydroxylation is 2. The highest BCUT2D eigenvalue weighted by Crippen LogP contribution is 2.18. The van der Waals surface area contributed by atoms with Gasteiger partial charge < -0.3 is 15.5 Å². The van der Waals surface area contributed by atoms with Crippen LogP contribution in [-0.2, 0) is 16.6 Å². The number of nitrogens with one attached hydrogen (secondary N) is 1. The van der Waals surface area contributed by atoms with Crippen molar-refractivity contribution >= 4 is 23.7 Å². The predicted octanol–water partition coefficient (Wildman–Crippen LogP) is 0.230. The zero-order valence-corrected chi connectivity index (χ0v) is 9.93. The van der Waals surface area contributed by atoms with Crippen molar-refractivity contribution in [1.82, 2.24) is 9.78 Å². The molecular weight excluding hydrogens is 242 g/mol. The van der Waals surface area contributed by atoms with E-state index in [9.17, 15) is 14.4 Å². The molecule has 0 bridgehead atoms. The minimum absolute atomic E-state index is 0.0513. The quantitative estimate of drug-likeness (QED) is 0.692. The molecule has 0 radical (unpaired) electrons. The van der Waals surface area contributed by atoms with E-state index in [0.29, 0.717) is 0 Å². The van der Waals surface area contributed by atoms with Crippen LogP contribution in [0, 0.1) is 6.92 Å². The van der Waals surface area contributed by atoms with E-state index in [2.05, 4.69) is 10.4 Å². The van der Waals surface area contributed by atoms with Crippen LogP contribution in [0.2, 0.25) is 0 Å². The molecule has 0 aromatic carbocycles. The van der Waals surface area contributed by atoms with Gasteiger partial charge in [-0.3, -0.25) is 14.3 Å². The maximum atomic E-state index is 11.4. The number of carbonyl (C=O) groups is 3. The fraction of sp³-hybridized carbons (Fsp3) is 0.400. The van der Waals surface area contributed by atoms with Crippen molar-refractivity contribution in [2.45, 2.75) is 19.8 Å². The first-order valence-corrected chi connectivity index (χ1v) is 5.11. The van der Waals surface area contributed by atoms with Gasteiger partial charge in [-0.1, -0.05) is 0 Å². The molecule has 1 rings (SSSR count). The van der Waals surface area contributed by atoms with Crippen LogP contribution >= 0.6 is 0 Å². The topological polar surface area (TPSA) is 122 Å². The smallest absolute Gasteiger partial charge is 0.341 e. The molecule has 8 nitrogen and oxygen atoms in total. The normalized spacial score (nSPS) is 10.1. The molecule has 3 N–H and O–H groups in total. The molecule has 0 saturated heterocycles. The second kappa shape index (κ2) is 5.30. The van der Waals surface area contributed by atoms with Gasteiger partial charge in [-0.2, -0.15) is 5.10 Å². The van der Waals surface area contributed by atoms with Crippen LogP contribution in [0.5, 0.6) is 0 Å². The Bertz CT molecular complexity index is 506. The van der Waals surface area contributed by atoms with Crippen LogP contribution in [0.15, 0.2) is 0 Å². The Morgan fingerprint density at radius 3 is 2.39 bits per heavy atom. The van der Waals surface area contributed by atoms with Gasteiger partial charge in [0.25, 0.3) is 0 Å². The number of carboxylic acid groups (broad SMARTS) is 2. The number of anilines is 1. The van der Waals surface area contributed by atoms with Crippen LogP contribution in [0.3, 0.4) is 0 Å². The lowest BCUT2D eigenvalue weighted by Crippen LogP contribution is -2.17. The van der Waals surface area contributed by atoms with Crippen LogP contribution in [0.1, 0.15) is 28.9 Å². The first kappa shape index (κ1) is 13.7. The highest BCUT2D eigenvalue weighted by Gasteiger charge is 2.21. The Balaban J connectivity index is 2.87. The second-order valence-corrected chi connectivity index (χ2v) is 3.68. The van der Waals surface area contributed by atoms with Crippen molar-refractivity contribution in [2.24, 2.45) is 7.05 Å². The largest absolute Gasteiger partial charge is 0.481 e. The molecular formula is C10H13N3O5. The number of hydrogen-bond acceptors (Lipinski definition) is 4. The number of carboxylic acids is 2. The summed E-state index contributed by atoms with van der Waals surface area (Å²) in [4.78, 5) is 32.8. The standard InChI is InChI=1S/C10H13N3O5/c1-5-8(10(17)18)9(13(2)12-5)11-6(14)3-4-7(15)16/h3-4H2,1-2H3,(H,11,14)(H,15,16)(H,17,18). The lowest BCUT2D eigenvalue weighted by atomic mass is 10.2. The lowest BCUT2D eigenvalue weighted by Gasteiger charge is -2.05. The van der Waals surface area contributed by atoms with Gasteiger partial charge in [0.15, 0.2) is 0 Å². The number of nitrogens with zero attached hydrogens (tertiary/aromatic N) is 2. The summed E-state index contributed by atoms with van der Waals surface area (Å²) in [6, 6.07) is 0. The molecule has 0 unspecified atom stereocenters. The Labute approximate surface area is 102 Å². The highest BCUT2D eigenvalue weighted by atomic mass is 16.4. The van der Waals surface area contributed by atoms with E-state index in [1.54, 1.807) is 0 Å². The first-order chi connectivity index (χ1) is 8.32. The van der Waals surface area contributed by atoms with Gasteiger partial charge in [-0.15, -0.1) is 0 Å². The summed E-state index contributed by atoms with van der Waals surface area (Å²) in [6.45, 7) is 1.51. The number of aliphatic carboxylic acids is 1. The van der Waals surface area contributed by atoms with E-state index in [1.807, 2.05) is 0 Å². The molecule has 0 aliphatic carbocycles. The minimum Gasteiger partial charge on any atom is -0.481 e. The number of aromatic carboxylic acids is 1. The van der Waals surface area contributed by atoms with Crippen molar-refractivity contribution < 1.29 is 24.6 Å². The average molecular weight is 255 g/mol. The SMILES string of the molecule is Cc1nn(C)c(NC(=O)CCC(=O)O)c1C(=O)O. The molecule has 98 valence electrons. The van der Waals surface area contributed by atoms with Gasteiger partial charge in [0, 0.05) is 13.5 Å². The van der Waals surface area contributed by atoms with Gasteiger partial charge in [-0.25, -0.2) is 4.79 Å². The molecule has 18 heavy (non-hydrogen) atoms. The van der Waals surface area contributed by atoms with Gasteiger partial charge in [-0.05, 0) is 6.92 Å². The maximum Gasteiger partial charge on any atom is 0.341 e. The van der Waals surface area contributed by atoms with Crippen LogP contribution in [-0.4, -0.2) is 37.8 Å². The average Bonchev–Trinajstić information content (AvgIpc) is 2.51. The Kier molecular flexibility index (Phi) is 4.03. The van der Waals surface area contributed by atoms with Crippen molar-refractivity contribution in [1.29, 1.82) is 0 Å². The summed E-state index contributed by atoms with van der Waals surface area (Å²) >= 11 is 0. The van der Waals surface area contributed by atoms with Crippen LogP contribution in [0.4, 0.5) is 5.82 Å². The number of hydrogen-bond donors (Lipinski definition) is 3. The summed E-state index contributed by atoms with van der Waals surface area (Å²) in [6.07, 6.45) is -0.538. The van der Waals surface area contributed by atoms with Crippen molar-refractivity contribution in [3.05, 3.63) is 11.3 Å². The molecule has 0 aliphatic rings. The minimum atomic E-state index is -1.20. The third-order valence-corrected chi connectivity index (χ3v) is 2.26. The van der Waals surface area contributed by atoms with Gasteiger partial charge >= 0.3 is 11.9 Å². The van der Waals surface area contributed by atoms with E-state index in [0.717, 1.165) is 0 Å². The van der Waals surface area contributed by atoms with Crippen LogP contribution in [0.25, 0.3) is 0 Å². The second-order valence-electron chi connectivity index (χ2n) is 3.68. The maximum absolute atomic E-state index is 11.4. The number of rotatable bonds is 5. The summed E-state index contributed by atoms with van der Waals surface area (Å²) < 4.78 is 1.23. The lowest BCUT2D eigenvalue weighted by molar-refractivity contribution is -0.138. The Hall–Kier alpha value is -2.38. The van der Waals surface area contributed by atoms with Crippen molar-refractivity contribution in [3.63, 3.8) is 0 Å². The summed E-state index contributed by atoms with van der Waals surface area (Å²) in [7, 11) is 1.49. The summed E-state index contributed by atoms with van der Waals surface area (Å²) in [5.74, 6) is -2.81. The molecule has 1 aromatic heterocycles. The first-order valence-electron chi connectivity index (χ1n) is 5.11. The van der Waals surface area contributed by atoms with Crippen LogP contribution < -0.4 is 5.32 Å². The van der Waals surface area contributed by atoms with E-state index in [1.165, 1.54) is 18.7 Å². The summed E-state index contributed by atoms with van der Waals surface area (Å²) in [5, 5.41) is 23.7. The van der Waals surface area contributed by atoms with Gasteiger partial charge in [0.1, 0.15) is 11.4 Å². The van der Waals surface area contributed by atoms with E-state index in [4.69, 9.17) is 10.2 Å². The fourth-order valence-electron chi connectivity index (χ4n) is 1.47. The molecule has 1 heterocycles. The molecule has 0 spiro atoms. The molecule has 8 heteroatoms. The zero-order chi connectivity index (χ0) is 13.9. The number of carbonyl (C=O) groups excluding carboxylic acids is 1. The number of aromatic nitrogens is 2. The third kappa shape index (κ3) is 3.06. The molecule has 0 fully saturated rings. The number of amides is 1. The fourth-order valence-corrected chi connectivity index (χ4v) is 1.47. The van der Waals surface area contributed by atoms with E-state index >= 15 is 0 Å². The molecule has 0 atom stereocenters. The van der Waals surface area contributed by atoms with Gasteiger partial charge in [0.05, 0.1) is 12.1 Å². The summed E-state index contributed by atoms with van der Waals surface area (Å²) in [5.41, 5.74) is 0.180. The third-order valence-electron chi connectivity index (χ3n) is 2.26. The zero-order valence-electron chi connectivity index (χ0n) is 9.93. The predicted molar refractivity (Wildman–Crippen MR) is 60.4 cm³/mol. The molecule has 1 amide bonds. The molecule has 0 saturated carbocycles. The van der Waals surface area contributed by atoms with Crippen molar-refractivity contribution in [2.75, 3.05) is 5.32 Å². The highest BCUT2D eigenvalue weighted by molar-refractivity contribution is 6.00. The molecule has 1 aromatic rings. The van der Waals surface area contributed by atoms with E-state index in [-0.39, 0.29) is 29.9 Å². The Morgan fingerprint density at radius 1 is 1.28 bits per heavy atom. The van der Waals surface area contributed by atoms with Crippen molar-refractivity contribution in [3.8, 4) is 0 Å². The van der Waals surface area contributed by atoms with Gasteiger partial charge in [0.2, 0.25) is 5.91 Å². The monoisotopic (exact) mass is 255 g/mol. The Morgan fingerprint density at radius 2 is 1.89 bits per heavy atom. The van der Waals surface area contributed by atoms with E-state index < -0.39 is 17.8 Å². The molecule has 0 aliphatic heterocycles.